The van der Waals surface area contributed by atoms with E-state index >= 15 is 0 Å². The van der Waals surface area contributed by atoms with E-state index in [1.807, 2.05) is 0 Å². The van der Waals surface area contributed by atoms with Gasteiger partial charge in [-0.3, -0.25) is 0 Å². The first-order chi connectivity index (χ1) is 8.81. The van der Waals surface area contributed by atoms with Gasteiger partial charge in [0.15, 0.2) is 0 Å². The van der Waals surface area contributed by atoms with E-state index in [2.05, 4.69) is 35.5 Å². The lowest BCUT2D eigenvalue weighted by atomic mass is 10.0. The molecule has 1 aromatic carbocycles. The lowest BCUT2D eigenvalue weighted by Crippen LogP contribution is -2.19. The second kappa shape index (κ2) is 3.99. The van der Waals surface area contributed by atoms with E-state index in [4.69, 9.17) is 0 Å². The van der Waals surface area contributed by atoms with Crippen LogP contribution >= 0.6 is 0 Å². The van der Waals surface area contributed by atoms with E-state index in [0.29, 0.717) is 0 Å². The smallest absolute Gasteiger partial charge is 0.0397 e. The fourth-order valence-corrected chi connectivity index (χ4v) is 3.30. The van der Waals surface area contributed by atoms with Crippen molar-refractivity contribution in [3.63, 3.8) is 0 Å². The minimum atomic E-state index is 0.840. The molecule has 2 nitrogen and oxygen atoms in total. The quantitative estimate of drug-likeness (QED) is 0.873. The summed E-state index contributed by atoms with van der Waals surface area (Å²) < 4.78 is 0. The molecule has 18 heavy (non-hydrogen) atoms. The maximum atomic E-state index is 3.67. The molecule has 2 heteroatoms. The van der Waals surface area contributed by atoms with E-state index < -0.39 is 0 Å². The molecule has 2 aliphatic carbocycles. The van der Waals surface area contributed by atoms with Gasteiger partial charge in [-0.1, -0.05) is 12.1 Å². The van der Waals surface area contributed by atoms with Gasteiger partial charge in [0.2, 0.25) is 0 Å². The predicted octanol–water partition coefficient (Wildman–Crippen LogP) is 2.53. The highest BCUT2D eigenvalue weighted by atomic mass is 15.1. The molecule has 1 aliphatic heterocycles. The molecule has 0 bridgehead atoms. The maximum Gasteiger partial charge on any atom is 0.0397 e. The Hall–Kier alpha value is -1.02. The van der Waals surface area contributed by atoms with E-state index in [-0.39, 0.29) is 0 Å². The van der Waals surface area contributed by atoms with Crippen LogP contribution in [0.3, 0.4) is 0 Å². The molecule has 96 valence electrons. The summed E-state index contributed by atoms with van der Waals surface area (Å²) in [7, 11) is 2.20. The topological polar surface area (TPSA) is 15.3 Å². The third kappa shape index (κ3) is 1.93. The molecule has 2 atom stereocenters. The average molecular weight is 242 g/mol. The third-order valence-electron chi connectivity index (χ3n) is 4.83. The Bertz CT molecular complexity index is 464. The van der Waals surface area contributed by atoms with Crippen LogP contribution in [0.2, 0.25) is 0 Å². The van der Waals surface area contributed by atoms with E-state index in [1.165, 1.54) is 44.5 Å². The standard InChI is InChI=1S/C16H22N2/c1-18-7-6-12-8-11(2-5-16(12)18)15-9-13(15)10-17-14-3-4-14/h2,5,8,13-15,17H,3-4,6-7,9-10H2,1H3. The molecule has 0 aromatic heterocycles. The lowest BCUT2D eigenvalue weighted by Gasteiger charge is -2.12. The van der Waals surface area contributed by atoms with Gasteiger partial charge in [0.25, 0.3) is 0 Å². The van der Waals surface area contributed by atoms with Crippen molar-refractivity contribution in [3.8, 4) is 0 Å². The molecule has 0 saturated heterocycles. The molecule has 2 saturated carbocycles. The normalized spacial score (nSPS) is 29.5. The number of hydrogen-bond acceptors (Lipinski definition) is 2. The van der Waals surface area contributed by atoms with E-state index in [0.717, 1.165) is 17.9 Å². The molecule has 3 aliphatic rings. The molecule has 0 amide bonds. The maximum absolute atomic E-state index is 3.67. The van der Waals surface area contributed by atoms with Crippen molar-refractivity contribution in [2.24, 2.45) is 5.92 Å². The average Bonchev–Trinajstić information content (AvgIpc) is 3.28. The van der Waals surface area contributed by atoms with Crippen LogP contribution < -0.4 is 10.2 Å². The summed E-state index contributed by atoms with van der Waals surface area (Å²) in [4.78, 5) is 2.37. The van der Waals surface area contributed by atoms with Crippen molar-refractivity contribution < 1.29 is 0 Å². The van der Waals surface area contributed by atoms with Gasteiger partial charge in [-0.25, -0.2) is 0 Å². The van der Waals surface area contributed by atoms with Crippen LogP contribution in [-0.2, 0) is 6.42 Å². The summed E-state index contributed by atoms with van der Waals surface area (Å²) in [5, 5.41) is 3.67. The van der Waals surface area contributed by atoms with Crippen LogP contribution in [0.1, 0.15) is 36.3 Å². The van der Waals surface area contributed by atoms with Crippen molar-refractivity contribution in [3.05, 3.63) is 29.3 Å². The fraction of sp³-hybridized carbons (Fsp3) is 0.625. The number of fused-ring (bicyclic) bond motifs is 1. The molecule has 1 heterocycles. The third-order valence-corrected chi connectivity index (χ3v) is 4.83. The van der Waals surface area contributed by atoms with Crippen molar-refractivity contribution >= 4 is 5.69 Å². The summed E-state index contributed by atoms with van der Waals surface area (Å²) in [6.07, 6.45) is 5.44. The van der Waals surface area contributed by atoms with Gasteiger partial charge in [0, 0.05) is 25.3 Å². The first-order valence-electron chi connectivity index (χ1n) is 7.38. The number of rotatable bonds is 4. The van der Waals surface area contributed by atoms with Crippen LogP contribution in [0, 0.1) is 5.92 Å². The number of hydrogen-bond donors (Lipinski definition) is 1. The summed E-state index contributed by atoms with van der Waals surface area (Å²) >= 11 is 0. The minimum Gasteiger partial charge on any atom is -0.374 e. The van der Waals surface area contributed by atoms with Crippen molar-refractivity contribution in [2.75, 3.05) is 25.0 Å². The molecule has 1 aromatic rings. The fourth-order valence-electron chi connectivity index (χ4n) is 3.30. The Balaban J connectivity index is 1.43. The molecule has 0 spiro atoms. The van der Waals surface area contributed by atoms with Gasteiger partial charge in [-0.05, 0) is 61.3 Å². The highest BCUT2D eigenvalue weighted by Gasteiger charge is 2.39. The number of nitrogens with one attached hydrogen (secondary N) is 1. The number of likely N-dealkylation sites (N-methyl/N-ethyl adjacent to an activating group) is 1. The van der Waals surface area contributed by atoms with Gasteiger partial charge < -0.3 is 10.2 Å². The second-order valence-corrected chi connectivity index (χ2v) is 6.34. The van der Waals surface area contributed by atoms with E-state index in [9.17, 15) is 0 Å². The van der Waals surface area contributed by atoms with E-state index in [1.54, 1.807) is 11.1 Å². The number of benzene rings is 1. The van der Waals surface area contributed by atoms with Crippen LogP contribution in [-0.4, -0.2) is 26.2 Å². The zero-order valence-electron chi connectivity index (χ0n) is 11.2. The largest absolute Gasteiger partial charge is 0.374 e. The molecule has 4 rings (SSSR count). The van der Waals surface area contributed by atoms with Crippen LogP contribution in [0.25, 0.3) is 0 Å². The minimum absolute atomic E-state index is 0.840. The molecular formula is C16H22N2. The molecule has 0 radical (unpaired) electrons. The molecular weight excluding hydrogens is 220 g/mol. The number of nitrogens with zero attached hydrogens (tertiary/aromatic N) is 1. The van der Waals surface area contributed by atoms with Gasteiger partial charge >= 0.3 is 0 Å². The van der Waals surface area contributed by atoms with Crippen molar-refractivity contribution in [2.45, 2.75) is 37.6 Å². The van der Waals surface area contributed by atoms with Gasteiger partial charge in [-0.15, -0.1) is 0 Å². The summed E-state index contributed by atoms with van der Waals surface area (Å²) in [6.45, 7) is 2.43. The zero-order valence-corrected chi connectivity index (χ0v) is 11.2. The Kier molecular flexibility index (Phi) is 2.41. The first kappa shape index (κ1) is 10.9. The van der Waals surface area contributed by atoms with Crippen molar-refractivity contribution in [1.29, 1.82) is 0 Å². The van der Waals surface area contributed by atoms with Gasteiger partial charge in [0.1, 0.15) is 0 Å². The highest BCUT2D eigenvalue weighted by Crippen LogP contribution is 2.48. The first-order valence-corrected chi connectivity index (χ1v) is 7.38. The summed E-state index contributed by atoms with van der Waals surface area (Å²) in [6, 6.07) is 8.03. The Morgan fingerprint density at radius 3 is 3.06 bits per heavy atom. The second-order valence-electron chi connectivity index (χ2n) is 6.34. The molecule has 2 fully saturated rings. The van der Waals surface area contributed by atoms with Crippen molar-refractivity contribution in [1.82, 2.24) is 5.32 Å². The van der Waals surface area contributed by atoms with Crippen LogP contribution in [0.5, 0.6) is 0 Å². The summed E-state index contributed by atoms with van der Waals surface area (Å²) in [5.74, 6) is 1.75. The zero-order chi connectivity index (χ0) is 12.1. The highest BCUT2D eigenvalue weighted by molar-refractivity contribution is 5.59. The Morgan fingerprint density at radius 2 is 2.22 bits per heavy atom. The summed E-state index contributed by atoms with van der Waals surface area (Å²) in [5.41, 5.74) is 4.61. The van der Waals surface area contributed by atoms with Gasteiger partial charge in [0.05, 0.1) is 0 Å². The van der Waals surface area contributed by atoms with Crippen LogP contribution in [0.15, 0.2) is 18.2 Å². The SMILES string of the molecule is CN1CCc2cc(C3CC3CNC3CC3)ccc21. The monoisotopic (exact) mass is 242 g/mol. The van der Waals surface area contributed by atoms with Crippen LogP contribution in [0.4, 0.5) is 5.69 Å². The lowest BCUT2D eigenvalue weighted by molar-refractivity contribution is 0.624. The molecule has 1 N–H and O–H groups in total. The predicted molar refractivity (Wildman–Crippen MR) is 75.3 cm³/mol. The molecule has 2 unspecified atom stereocenters. The Labute approximate surface area is 109 Å². The Morgan fingerprint density at radius 1 is 1.33 bits per heavy atom. The number of anilines is 1. The van der Waals surface area contributed by atoms with Gasteiger partial charge in [-0.2, -0.15) is 0 Å².